The van der Waals surface area contributed by atoms with Gasteiger partial charge in [0, 0.05) is 42.2 Å². The van der Waals surface area contributed by atoms with Crippen molar-refractivity contribution in [3.63, 3.8) is 0 Å². The third-order valence-electron chi connectivity index (χ3n) is 4.58. The molecule has 2 N–H and O–H groups in total. The van der Waals surface area contributed by atoms with E-state index in [-0.39, 0.29) is 5.91 Å². The van der Waals surface area contributed by atoms with Crippen LogP contribution in [0.25, 0.3) is 10.9 Å². The molecule has 2 aromatic carbocycles. The van der Waals surface area contributed by atoms with Crippen LogP contribution >= 0.6 is 15.9 Å². The van der Waals surface area contributed by atoms with Crippen molar-refractivity contribution in [2.75, 3.05) is 10.6 Å². The molecule has 0 bridgehead atoms. The number of hydrogen-bond acceptors (Lipinski definition) is 4. The second kappa shape index (κ2) is 8.45. The van der Waals surface area contributed by atoms with Gasteiger partial charge in [0.25, 0.3) is 5.91 Å². The van der Waals surface area contributed by atoms with E-state index < -0.39 is 0 Å². The number of aromatic nitrogens is 3. The summed E-state index contributed by atoms with van der Waals surface area (Å²) < 4.78 is 2.66. The smallest absolute Gasteiger partial charge is 0.257 e. The standard InChI is InChI=1S/C22H20BrN5O/c1-2-28-14-16-7-8-17(12-20(16)27-28)26-22(29)18-5-3-4-6-19(18)25-13-15-9-10-24-21(23)11-15/h3-12,14,25H,2,13H2,1H3,(H,26,29). The molecule has 0 aliphatic carbocycles. The van der Waals surface area contributed by atoms with Gasteiger partial charge in [-0.05, 0) is 70.9 Å². The molecule has 146 valence electrons. The number of para-hydroxylation sites is 1. The maximum absolute atomic E-state index is 12.9. The molecule has 4 aromatic rings. The van der Waals surface area contributed by atoms with E-state index in [0.29, 0.717) is 12.1 Å². The highest BCUT2D eigenvalue weighted by Gasteiger charge is 2.12. The molecule has 0 radical (unpaired) electrons. The zero-order valence-electron chi connectivity index (χ0n) is 15.9. The fraction of sp³-hybridized carbons (Fsp3) is 0.136. The molecule has 1 amide bonds. The molecule has 7 heteroatoms. The van der Waals surface area contributed by atoms with E-state index in [9.17, 15) is 4.79 Å². The van der Waals surface area contributed by atoms with Gasteiger partial charge in [0.05, 0.1) is 11.1 Å². The number of hydrogen-bond donors (Lipinski definition) is 2. The zero-order chi connectivity index (χ0) is 20.2. The zero-order valence-corrected chi connectivity index (χ0v) is 17.5. The van der Waals surface area contributed by atoms with E-state index in [1.165, 1.54) is 0 Å². The molecule has 0 saturated heterocycles. The van der Waals surface area contributed by atoms with Gasteiger partial charge in [0.2, 0.25) is 0 Å². The lowest BCUT2D eigenvalue weighted by molar-refractivity contribution is 0.102. The van der Waals surface area contributed by atoms with Crippen molar-refractivity contribution in [3.05, 3.63) is 82.7 Å². The largest absolute Gasteiger partial charge is 0.380 e. The van der Waals surface area contributed by atoms with Gasteiger partial charge in [-0.15, -0.1) is 0 Å². The van der Waals surface area contributed by atoms with E-state index in [2.05, 4.69) is 36.6 Å². The predicted molar refractivity (Wildman–Crippen MR) is 119 cm³/mol. The number of nitrogens with one attached hydrogen (secondary N) is 2. The number of carbonyl (C=O) groups excluding carboxylic acids is 1. The number of benzene rings is 2. The van der Waals surface area contributed by atoms with Crippen LogP contribution in [0.5, 0.6) is 0 Å². The SMILES string of the molecule is CCn1cc2ccc(NC(=O)c3ccccc3NCc3ccnc(Br)c3)cc2n1. The van der Waals surface area contributed by atoms with Crippen molar-refractivity contribution in [1.29, 1.82) is 0 Å². The number of pyridine rings is 1. The van der Waals surface area contributed by atoms with E-state index in [4.69, 9.17) is 0 Å². The highest BCUT2D eigenvalue weighted by atomic mass is 79.9. The van der Waals surface area contributed by atoms with Gasteiger partial charge in [-0.2, -0.15) is 5.10 Å². The van der Waals surface area contributed by atoms with Gasteiger partial charge >= 0.3 is 0 Å². The van der Waals surface area contributed by atoms with E-state index >= 15 is 0 Å². The number of anilines is 2. The summed E-state index contributed by atoms with van der Waals surface area (Å²) in [6.07, 6.45) is 3.74. The molecule has 0 fully saturated rings. The Morgan fingerprint density at radius 3 is 2.83 bits per heavy atom. The highest BCUT2D eigenvalue weighted by Crippen LogP contribution is 2.21. The Morgan fingerprint density at radius 1 is 1.14 bits per heavy atom. The lowest BCUT2D eigenvalue weighted by Gasteiger charge is -2.12. The first-order valence-electron chi connectivity index (χ1n) is 9.34. The molecule has 0 spiro atoms. The number of amides is 1. The molecule has 0 unspecified atom stereocenters. The molecular weight excluding hydrogens is 430 g/mol. The first-order valence-corrected chi connectivity index (χ1v) is 10.1. The van der Waals surface area contributed by atoms with E-state index in [1.54, 1.807) is 6.20 Å². The third kappa shape index (κ3) is 4.46. The van der Waals surface area contributed by atoms with Gasteiger partial charge in [-0.1, -0.05) is 12.1 Å². The van der Waals surface area contributed by atoms with Crippen molar-refractivity contribution in [2.24, 2.45) is 0 Å². The van der Waals surface area contributed by atoms with Crippen molar-refractivity contribution >= 4 is 44.1 Å². The highest BCUT2D eigenvalue weighted by molar-refractivity contribution is 9.10. The van der Waals surface area contributed by atoms with Gasteiger partial charge in [0.15, 0.2) is 0 Å². The van der Waals surface area contributed by atoms with Crippen molar-refractivity contribution in [3.8, 4) is 0 Å². The molecule has 4 rings (SSSR count). The van der Waals surface area contributed by atoms with Crippen LogP contribution in [0.3, 0.4) is 0 Å². The summed E-state index contributed by atoms with van der Waals surface area (Å²) in [6, 6.07) is 17.1. The Hall–Kier alpha value is -3.19. The minimum absolute atomic E-state index is 0.168. The van der Waals surface area contributed by atoms with Crippen LogP contribution in [0, 0.1) is 0 Å². The normalized spacial score (nSPS) is 10.8. The Morgan fingerprint density at radius 2 is 2.00 bits per heavy atom. The Kier molecular flexibility index (Phi) is 5.57. The quantitative estimate of drug-likeness (QED) is 0.402. The molecule has 6 nitrogen and oxygen atoms in total. The van der Waals surface area contributed by atoms with Crippen LogP contribution in [0.2, 0.25) is 0 Å². The third-order valence-corrected chi connectivity index (χ3v) is 5.02. The van der Waals surface area contributed by atoms with Gasteiger partial charge in [-0.3, -0.25) is 9.48 Å². The van der Waals surface area contributed by atoms with Crippen LogP contribution in [0.15, 0.2) is 71.6 Å². The minimum atomic E-state index is -0.168. The minimum Gasteiger partial charge on any atom is -0.380 e. The molecule has 0 atom stereocenters. The fourth-order valence-corrected chi connectivity index (χ4v) is 3.50. The van der Waals surface area contributed by atoms with Crippen LogP contribution in [-0.4, -0.2) is 20.7 Å². The summed E-state index contributed by atoms with van der Waals surface area (Å²) in [4.78, 5) is 17.0. The second-order valence-electron chi connectivity index (χ2n) is 6.60. The number of rotatable bonds is 6. The Bertz CT molecular complexity index is 1170. The van der Waals surface area contributed by atoms with Crippen LogP contribution < -0.4 is 10.6 Å². The number of fused-ring (bicyclic) bond motifs is 1. The average Bonchev–Trinajstić information content (AvgIpc) is 3.15. The molecular formula is C22H20BrN5O. The second-order valence-corrected chi connectivity index (χ2v) is 7.41. The molecule has 0 aliphatic rings. The number of nitrogens with zero attached hydrogens (tertiary/aromatic N) is 3. The van der Waals surface area contributed by atoms with E-state index in [1.807, 2.05) is 72.4 Å². The first-order chi connectivity index (χ1) is 14.1. The first kappa shape index (κ1) is 19.1. The van der Waals surface area contributed by atoms with Crippen molar-refractivity contribution < 1.29 is 4.79 Å². The Balaban J connectivity index is 1.51. The molecule has 2 aromatic heterocycles. The van der Waals surface area contributed by atoms with Crippen molar-refractivity contribution in [2.45, 2.75) is 20.0 Å². The summed E-state index contributed by atoms with van der Waals surface area (Å²) in [5.41, 5.74) is 4.00. The molecule has 29 heavy (non-hydrogen) atoms. The molecule has 0 aliphatic heterocycles. The van der Waals surface area contributed by atoms with Gasteiger partial charge in [0.1, 0.15) is 4.60 Å². The monoisotopic (exact) mass is 449 g/mol. The van der Waals surface area contributed by atoms with Gasteiger partial charge < -0.3 is 10.6 Å². The van der Waals surface area contributed by atoms with Crippen LogP contribution in [0.4, 0.5) is 11.4 Å². The Labute approximate surface area is 177 Å². The topological polar surface area (TPSA) is 71.8 Å². The maximum Gasteiger partial charge on any atom is 0.257 e. The lowest BCUT2D eigenvalue weighted by Crippen LogP contribution is -2.14. The summed E-state index contributed by atoms with van der Waals surface area (Å²) >= 11 is 3.38. The lowest BCUT2D eigenvalue weighted by atomic mass is 10.1. The summed E-state index contributed by atoms with van der Waals surface area (Å²) in [7, 11) is 0. The summed E-state index contributed by atoms with van der Waals surface area (Å²) in [6.45, 7) is 3.44. The van der Waals surface area contributed by atoms with Crippen LogP contribution in [-0.2, 0) is 13.1 Å². The predicted octanol–water partition coefficient (Wildman–Crippen LogP) is 5.08. The number of halogens is 1. The number of aryl methyl sites for hydroxylation is 1. The fourth-order valence-electron chi connectivity index (χ4n) is 3.09. The van der Waals surface area contributed by atoms with E-state index in [0.717, 1.165) is 39.0 Å². The number of carbonyl (C=O) groups is 1. The summed E-state index contributed by atoms with van der Waals surface area (Å²) in [5, 5.41) is 11.9. The van der Waals surface area contributed by atoms with Crippen LogP contribution in [0.1, 0.15) is 22.8 Å². The maximum atomic E-state index is 12.9. The summed E-state index contributed by atoms with van der Waals surface area (Å²) in [5.74, 6) is -0.168. The average molecular weight is 450 g/mol. The molecule has 2 heterocycles. The molecule has 0 saturated carbocycles. The van der Waals surface area contributed by atoms with Crippen molar-refractivity contribution in [1.82, 2.24) is 14.8 Å². The van der Waals surface area contributed by atoms with Gasteiger partial charge in [-0.25, -0.2) is 4.98 Å².